The van der Waals surface area contributed by atoms with E-state index in [1.165, 1.54) is 0 Å². The molecule has 0 unspecified atom stereocenters. The molecule has 23 heavy (non-hydrogen) atoms. The molecule has 2 aromatic rings. The van der Waals surface area contributed by atoms with Crippen LogP contribution in [0.4, 0.5) is 5.69 Å². The summed E-state index contributed by atoms with van der Waals surface area (Å²) in [7, 11) is 3.30. The van der Waals surface area contributed by atoms with Gasteiger partial charge in [-0.05, 0) is 23.8 Å². The number of ether oxygens (including phenoxy) is 2. The molecule has 6 heteroatoms. The summed E-state index contributed by atoms with van der Waals surface area (Å²) in [4.78, 5) is 10.2. The lowest BCUT2D eigenvalue weighted by Gasteiger charge is -2.09. The fourth-order valence-corrected chi connectivity index (χ4v) is 2.35. The first-order valence-corrected chi connectivity index (χ1v) is 7.40. The van der Waals surface area contributed by atoms with Crippen LogP contribution in [0.1, 0.15) is 11.1 Å². The summed E-state index contributed by atoms with van der Waals surface area (Å²) in [6, 6.07) is 12.4. The Kier molecular flexibility index (Phi) is 5.94. The molecule has 0 bridgehead atoms. The summed E-state index contributed by atoms with van der Waals surface area (Å²) in [5, 5.41) is 12.8. The van der Waals surface area contributed by atoms with Crippen LogP contribution in [-0.4, -0.2) is 25.7 Å². The zero-order chi connectivity index (χ0) is 16.7. The van der Waals surface area contributed by atoms with Crippen LogP contribution in [-0.2, 0) is 13.0 Å². The van der Waals surface area contributed by atoms with Gasteiger partial charge in [0, 0.05) is 18.6 Å². The van der Waals surface area contributed by atoms with Crippen molar-refractivity contribution in [2.75, 3.05) is 20.8 Å². The number of rotatable bonds is 8. The average Bonchev–Trinajstić information content (AvgIpc) is 2.58. The Bertz CT molecular complexity index is 656. The molecule has 2 aromatic carbocycles. The molecule has 6 nitrogen and oxygen atoms in total. The van der Waals surface area contributed by atoms with Gasteiger partial charge in [0.2, 0.25) is 0 Å². The SMILES string of the molecule is COc1ccc(OC)c(C[NH2+]CCc2ccc([N+](=O)[O-])cc2)c1. The summed E-state index contributed by atoms with van der Waals surface area (Å²) in [5.41, 5.74) is 2.29. The number of non-ortho nitro benzene ring substituents is 1. The Morgan fingerprint density at radius 2 is 1.83 bits per heavy atom. The summed E-state index contributed by atoms with van der Waals surface area (Å²) in [5.74, 6) is 1.65. The summed E-state index contributed by atoms with van der Waals surface area (Å²) in [6.45, 7) is 1.67. The number of nitro benzene ring substituents is 1. The van der Waals surface area contributed by atoms with Crippen molar-refractivity contribution in [3.8, 4) is 11.5 Å². The quantitative estimate of drug-likeness (QED) is 0.458. The molecule has 2 N–H and O–H groups in total. The van der Waals surface area contributed by atoms with Gasteiger partial charge in [0.15, 0.2) is 0 Å². The van der Waals surface area contributed by atoms with E-state index in [1.807, 2.05) is 18.2 Å². The van der Waals surface area contributed by atoms with Gasteiger partial charge < -0.3 is 14.8 Å². The van der Waals surface area contributed by atoms with Crippen LogP contribution in [0.5, 0.6) is 11.5 Å². The van der Waals surface area contributed by atoms with Crippen molar-refractivity contribution in [1.82, 2.24) is 0 Å². The molecule has 0 saturated heterocycles. The Morgan fingerprint density at radius 1 is 1.09 bits per heavy atom. The van der Waals surface area contributed by atoms with Crippen molar-refractivity contribution in [3.05, 3.63) is 63.7 Å². The third kappa shape index (κ3) is 4.69. The van der Waals surface area contributed by atoms with Crippen LogP contribution in [0.2, 0.25) is 0 Å². The van der Waals surface area contributed by atoms with E-state index in [4.69, 9.17) is 9.47 Å². The monoisotopic (exact) mass is 317 g/mol. The minimum absolute atomic E-state index is 0.124. The van der Waals surface area contributed by atoms with E-state index in [1.54, 1.807) is 38.5 Å². The number of hydrogen-bond acceptors (Lipinski definition) is 4. The van der Waals surface area contributed by atoms with E-state index in [0.29, 0.717) is 0 Å². The number of quaternary nitrogens is 1. The molecule has 0 spiro atoms. The molecule has 0 aliphatic rings. The summed E-state index contributed by atoms with van der Waals surface area (Å²) < 4.78 is 10.6. The highest BCUT2D eigenvalue weighted by atomic mass is 16.6. The Balaban J connectivity index is 1.86. The Labute approximate surface area is 135 Å². The fraction of sp³-hybridized carbons (Fsp3) is 0.294. The number of benzene rings is 2. The predicted molar refractivity (Wildman–Crippen MR) is 86.8 cm³/mol. The fourth-order valence-electron chi connectivity index (χ4n) is 2.35. The van der Waals surface area contributed by atoms with Gasteiger partial charge in [-0.3, -0.25) is 10.1 Å². The van der Waals surface area contributed by atoms with Gasteiger partial charge in [0.05, 0.1) is 31.3 Å². The van der Waals surface area contributed by atoms with Gasteiger partial charge in [0.25, 0.3) is 5.69 Å². The van der Waals surface area contributed by atoms with E-state index in [0.717, 1.165) is 42.1 Å². The topological polar surface area (TPSA) is 78.2 Å². The van der Waals surface area contributed by atoms with Crippen LogP contribution < -0.4 is 14.8 Å². The van der Waals surface area contributed by atoms with E-state index in [-0.39, 0.29) is 10.6 Å². The number of nitrogens with two attached hydrogens (primary N) is 1. The zero-order valence-electron chi connectivity index (χ0n) is 13.3. The summed E-state index contributed by atoms with van der Waals surface area (Å²) in [6.07, 6.45) is 0.851. The molecule has 0 fully saturated rings. The molecule has 0 heterocycles. The van der Waals surface area contributed by atoms with Crippen LogP contribution in [0, 0.1) is 10.1 Å². The average molecular weight is 317 g/mol. The lowest BCUT2D eigenvalue weighted by atomic mass is 10.1. The lowest BCUT2D eigenvalue weighted by Crippen LogP contribution is -2.83. The molecule has 0 aromatic heterocycles. The van der Waals surface area contributed by atoms with Crippen LogP contribution in [0.15, 0.2) is 42.5 Å². The van der Waals surface area contributed by atoms with Crippen molar-refractivity contribution in [2.24, 2.45) is 0 Å². The maximum absolute atomic E-state index is 10.6. The first-order valence-electron chi connectivity index (χ1n) is 7.40. The molecule has 122 valence electrons. The van der Waals surface area contributed by atoms with Crippen molar-refractivity contribution >= 4 is 5.69 Å². The van der Waals surface area contributed by atoms with Gasteiger partial charge in [-0.15, -0.1) is 0 Å². The molecular weight excluding hydrogens is 296 g/mol. The van der Waals surface area contributed by atoms with Crippen molar-refractivity contribution < 1.29 is 19.7 Å². The Morgan fingerprint density at radius 3 is 2.43 bits per heavy atom. The molecule has 0 atom stereocenters. The second kappa shape index (κ2) is 8.14. The van der Waals surface area contributed by atoms with E-state index in [2.05, 4.69) is 5.32 Å². The van der Waals surface area contributed by atoms with Crippen molar-refractivity contribution in [1.29, 1.82) is 0 Å². The van der Waals surface area contributed by atoms with Gasteiger partial charge in [0.1, 0.15) is 18.0 Å². The maximum atomic E-state index is 10.6. The highest BCUT2D eigenvalue weighted by Gasteiger charge is 2.07. The predicted octanol–water partition coefficient (Wildman–Crippen LogP) is 1.92. The molecule has 2 rings (SSSR count). The summed E-state index contributed by atoms with van der Waals surface area (Å²) >= 11 is 0. The normalized spacial score (nSPS) is 10.3. The minimum Gasteiger partial charge on any atom is -0.497 e. The van der Waals surface area contributed by atoms with E-state index >= 15 is 0 Å². The van der Waals surface area contributed by atoms with Crippen molar-refractivity contribution in [2.45, 2.75) is 13.0 Å². The highest BCUT2D eigenvalue weighted by molar-refractivity contribution is 5.39. The molecule has 0 saturated carbocycles. The zero-order valence-corrected chi connectivity index (χ0v) is 13.3. The second-order valence-corrected chi connectivity index (χ2v) is 5.13. The van der Waals surface area contributed by atoms with Gasteiger partial charge in [-0.2, -0.15) is 0 Å². The molecular formula is C17H21N2O4+. The smallest absolute Gasteiger partial charge is 0.269 e. The largest absolute Gasteiger partial charge is 0.497 e. The first-order chi connectivity index (χ1) is 11.1. The molecule has 0 aliphatic heterocycles. The standard InChI is InChI=1S/C17H20N2O4/c1-22-16-7-8-17(23-2)14(11-16)12-18-10-9-13-3-5-15(6-4-13)19(20)21/h3-8,11,18H,9-10,12H2,1-2H3/p+1. The van der Waals surface area contributed by atoms with Gasteiger partial charge in [-0.25, -0.2) is 0 Å². The van der Waals surface area contributed by atoms with Crippen LogP contribution in [0.3, 0.4) is 0 Å². The third-order valence-electron chi connectivity index (χ3n) is 3.64. The lowest BCUT2D eigenvalue weighted by molar-refractivity contribution is -0.670. The van der Waals surface area contributed by atoms with Crippen LogP contribution in [0.25, 0.3) is 0 Å². The molecule has 0 aliphatic carbocycles. The number of hydrogen-bond donors (Lipinski definition) is 1. The molecule has 0 radical (unpaired) electrons. The number of nitro groups is 1. The Hall–Kier alpha value is -2.60. The number of nitrogens with zero attached hydrogens (tertiary/aromatic N) is 1. The van der Waals surface area contributed by atoms with Crippen molar-refractivity contribution in [3.63, 3.8) is 0 Å². The van der Waals surface area contributed by atoms with E-state index in [9.17, 15) is 10.1 Å². The first kappa shape index (κ1) is 16.8. The van der Waals surface area contributed by atoms with Gasteiger partial charge in [-0.1, -0.05) is 12.1 Å². The highest BCUT2D eigenvalue weighted by Crippen LogP contribution is 2.22. The molecule has 0 amide bonds. The van der Waals surface area contributed by atoms with Gasteiger partial charge >= 0.3 is 0 Å². The third-order valence-corrected chi connectivity index (χ3v) is 3.64. The van der Waals surface area contributed by atoms with E-state index < -0.39 is 0 Å². The minimum atomic E-state index is -0.384. The second-order valence-electron chi connectivity index (χ2n) is 5.13. The maximum Gasteiger partial charge on any atom is 0.269 e. The number of methoxy groups -OCH3 is 2. The van der Waals surface area contributed by atoms with Crippen LogP contribution >= 0.6 is 0 Å².